The highest BCUT2D eigenvalue weighted by Gasteiger charge is 2.29. The van der Waals surface area contributed by atoms with E-state index in [0.29, 0.717) is 11.5 Å². The molecule has 6 heteroatoms. The van der Waals surface area contributed by atoms with Crippen LogP contribution >= 0.6 is 11.8 Å². The summed E-state index contributed by atoms with van der Waals surface area (Å²) in [6.45, 7) is 4.21. The van der Waals surface area contributed by atoms with Gasteiger partial charge in [0.25, 0.3) is 0 Å². The topological polar surface area (TPSA) is 9.23 Å². The molecule has 0 N–H and O–H groups in total. The summed E-state index contributed by atoms with van der Waals surface area (Å²) in [7, 11) is 0. The third-order valence-corrected chi connectivity index (χ3v) is 5.82. The predicted octanol–water partition coefficient (Wildman–Crippen LogP) is 8.53. The Morgan fingerprint density at radius 2 is 1.52 bits per heavy atom. The lowest BCUT2D eigenvalue weighted by atomic mass is 9.80. The molecule has 0 atom stereocenters. The number of aryl methyl sites for hydroxylation is 1. The van der Waals surface area contributed by atoms with Crippen LogP contribution in [0.1, 0.15) is 37.8 Å². The zero-order valence-electron chi connectivity index (χ0n) is 17.4. The summed E-state index contributed by atoms with van der Waals surface area (Å²) in [6, 6.07) is 20.3. The van der Waals surface area contributed by atoms with Gasteiger partial charge in [0.2, 0.25) is 0 Å². The fourth-order valence-electron chi connectivity index (χ4n) is 3.39. The number of benzene rings is 3. The highest BCUT2D eigenvalue weighted by Crippen LogP contribution is 2.38. The van der Waals surface area contributed by atoms with Crippen molar-refractivity contribution in [3.05, 3.63) is 89.7 Å². The highest BCUT2D eigenvalue weighted by molar-refractivity contribution is 8.00. The van der Waals surface area contributed by atoms with E-state index in [1.54, 1.807) is 24.3 Å². The monoisotopic (exact) mass is 448 g/mol. The summed E-state index contributed by atoms with van der Waals surface area (Å²) in [6.07, 6.45) is 2.67. The van der Waals surface area contributed by atoms with Gasteiger partial charge in [0, 0.05) is 4.90 Å². The number of hydrogen-bond acceptors (Lipinski definition) is 2. The Bertz CT molecular complexity index is 980. The SMILES string of the molecule is CC(C)(CCCc1cccc(Oc2ccc(F)cc2)c1)c1ccc(SC(F)(F)F)cc1. The molecule has 0 saturated heterocycles. The first kappa shape index (κ1) is 23.2. The average molecular weight is 449 g/mol. The fraction of sp³-hybridized carbons (Fsp3) is 0.280. The molecule has 0 spiro atoms. The Labute approximate surface area is 184 Å². The first-order valence-corrected chi connectivity index (χ1v) is 10.8. The highest BCUT2D eigenvalue weighted by atomic mass is 32.2. The molecule has 1 nitrogen and oxygen atoms in total. The Balaban J connectivity index is 1.55. The number of hydrogen-bond donors (Lipinski definition) is 0. The maximum Gasteiger partial charge on any atom is 0.446 e. The molecular weight excluding hydrogens is 424 g/mol. The molecule has 0 bridgehead atoms. The molecule has 0 radical (unpaired) electrons. The van der Waals surface area contributed by atoms with E-state index in [1.807, 2.05) is 24.3 Å². The molecule has 0 unspecified atom stereocenters. The molecule has 0 amide bonds. The van der Waals surface area contributed by atoms with E-state index in [0.717, 1.165) is 30.4 Å². The summed E-state index contributed by atoms with van der Waals surface area (Å²) in [5.74, 6) is 0.963. The Morgan fingerprint density at radius 3 is 2.16 bits per heavy atom. The van der Waals surface area contributed by atoms with E-state index in [1.165, 1.54) is 24.3 Å². The van der Waals surface area contributed by atoms with Crippen LogP contribution in [0.15, 0.2) is 77.7 Å². The van der Waals surface area contributed by atoms with E-state index in [-0.39, 0.29) is 27.9 Å². The van der Waals surface area contributed by atoms with Crippen molar-refractivity contribution < 1.29 is 22.3 Å². The predicted molar refractivity (Wildman–Crippen MR) is 117 cm³/mol. The minimum absolute atomic E-state index is 0.0927. The van der Waals surface area contributed by atoms with Gasteiger partial charge in [-0.3, -0.25) is 0 Å². The lowest BCUT2D eigenvalue weighted by molar-refractivity contribution is -0.0328. The maximum atomic E-state index is 13.0. The van der Waals surface area contributed by atoms with Crippen LogP contribution in [0.2, 0.25) is 0 Å². The molecule has 0 saturated carbocycles. The summed E-state index contributed by atoms with van der Waals surface area (Å²) < 4.78 is 56.3. The fourth-order valence-corrected chi connectivity index (χ4v) is 3.93. The molecule has 31 heavy (non-hydrogen) atoms. The number of halogens is 4. The Morgan fingerprint density at radius 1 is 0.839 bits per heavy atom. The van der Waals surface area contributed by atoms with Gasteiger partial charge in [-0.25, -0.2) is 4.39 Å². The van der Waals surface area contributed by atoms with Crippen molar-refractivity contribution in [3.8, 4) is 11.5 Å². The second-order valence-electron chi connectivity index (χ2n) is 8.01. The van der Waals surface area contributed by atoms with Gasteiger partial charge in [-0.2, -0.15) is 13.2 Å². The normalized spacial score (nSPS) is 12.1. The van der Waals surface area contributed by atoms with Crippen molar-refractivity contribution in [1.82, 2.24) is 0 Å². The van der Waals surface area contributed by atoms with Crippen LogP contribution in [-0.4, -0.2) is 5.51 Å². The molecule has 0 aliphatic rings. The van der Waals surface area contributed by atoms with Crippen LogP contribution < -0.4 is 4.74 Å². The number of alkyl halides is 3. The lowest BCUT2D eigenvalue weighted by Crippen LogP contribution is -2.17. The molecule has 0 heterocycles. The molecule has 3 rings (SSSR count). The van der Waals surface area contributed by atoms with E-state index in [9.17, 15) is 17.6 Å². The largest absolute Gasteiger partial charge is 0.457 e. The van der Waals surface area contributed by atoms with Gasteiger partial charge in [0.05, 0.1) is 0 Å². The number of ether oxygens (including phenoxy) is 1. The lowest BCUT2D eigenvalue weighted by Gasteiger charge is -2.25. The van der Waals surface area contributed by atoms with Gasteiger partial charge in [-0.1, -0.05) is 38.1 Å². The zero-order valence-corrected chi connectivity index (χ0v) is 18.2. The quantitative estimate of drug-likeness (QED) is 0.252. The zero-order chi connectivity index (χ0) is 22.5. The first-order valence-electron chi connectivity index (χ1n) is 9.99. The van der Waals surface area contributed by atoms with Crippen molar-refractivity contribution in [2.24, 2.45) is 0 Å². The van der Waals surface area contributed by atoms with E-state index < -0.39 is 5.51 Å². The summed E-state index contributed by atoms with van der Waals surface area (Å²) in [5, 5.41) is 0. The second kappa shape index (κ2) is 9.77. The smallest absolute Gasteiger partial charge is 0.446 e. The summed E-state index contributed by atoms with van der Waals surface area (Å²) in [5.41, 5.74) is -2.27. The van der Waals surface area contributed by atoms with Crippen molar-refractivity contribution in [2.45, 2.75) is 48.9 Å². The van der Waals surface area contributed by atoms with Crippen LogP contribution in [0.3, 0.4) is 0 Å². The van der Waals surface area contributed by atoms with Crippen LogP contribution in [0.25, 0.3) is 0 Å². The minimum atomic E-state index is -4.27. The summed E-state index contributed by atoms with van der Waals surface area (Å²) in [4.78, 5) is 0.199. The van der Waals surface area contributed by atoms with Crippen molar-refractivity contribution in [3.63, 3.8) is 0 Å². The average Bonchev–Trinajstić information content (AvgIpc) is 2.69. The van der Waals surface area contributed by atoms with E-state index in [2.05, 4.69) is 13.8 Å². The maximum absolute atomic E-state index is 13.0. The molecular formula is C25H24F4OS. The standard InChI is InChI=1S/C25H24F4OS/c1-24(2,19-8-14-23(15-9-19)31-25(27,28)29)16-4-6-18-5-3-7-22(17-18)30-21-12-10-20(26)11-13-21/h3,5,7-15,17H,4,6,16H2,1-2H3. The van der Waals surface area contributed by atoms with Gasteiger partial charge in [0.15, 0.2) is 0 Å². The molecule has 3 aromatic rings. The summed E-state index contributed by atoms with van der Waals surface area (Å²) >= 11 is -0.0927. The third-order valence-electron chi connectivity index (χ3n) is 5.08. The van der Waals surface area contributed by atoms with Crippen molar-refractivity contribution in [2.75, 3.05) is 0 Å². The molecule has 0 aliphatic heterocycles. The first-order chi connectivity index (χ1) is 14.6. The van der Waals surface area contributed by atoms with E-state index >= 15 is 0 Å². The molecule has 0 fully saturated rings. The second-order valence-corrected chi connectivity index (χ2v) is 9.15. The van der Waals surface area contributed by atoms with E-state index in [4.69, 9.17) is 4.74 Å². The van der Waals surface area contributed by atoms with Gasteiger partial charge in [-0.05, 0) is 96.1 Å². The van der Waals surface area contributed by atoms with Gasteiger partial charge in [0.1, 0.15) is 17.3 Å². The van der Waals surface area contributed by atoms with Gasteiger partial charge >= 0.3 is 5.51 Å². The Hall–Kier alpha value is -2.47. The number of rotatable bonds is 8. The molecule has 0 aliphatic carbocycles. The van der Waals surface area contributed by atoms with Gasteiger partial charge < -0.3 is 4.74 Å². The third kappa shape index (κ3) is 7.31. The van der Waals surface area contributed by atoms with Crippen LogP contribution in [0.4, 0.5) is 17.6 Å². The number of thioether (sulfide) groups is 1. The van der Waals surface area contributed by atoms with Crippen molar-refractivity contribution >= 4 is 11.8 Å². The minimum Gasteiger partial charge on any atom is -0.457 e. The molecule has 164 valence electrons. The van der Waals surface area contributed by atoms with Gasteiger partial charge in [-0.15, -0.1) is 0 Å². The van der Waals surface area contributed by atoms with Crippen LogP contribution in [-0.2, 0) is 11.8 Å². The van der Waals surface area contributed by atoms with Crippen LogP contribution in [0.5, 0.6) is 11.5 Å². The molecule has 3 aromatic carbocycles. The Kier molecular flexibility index (Phi) is 7.31. The molecule has 0 aromatic heterocycles. The van der Waals surface area contributed by atoms with Crippen LogP contribution in [0, 0.1) is 5.82 Å². The van der Waals surface area contributed by atoms with Crippen molar-refractivity contribution in [1.29, 1.82) is 0 Å².